The van der Waals surface area contributed by atoms with Gasteiger partial charge in [-0.1, -0.05) is 70.9 Å². The van der Waals surface area contributed by atoms with Crippen molar-refractivity contribution in [1.29, 1.82) is 5.41 Å². The average molecular weight is 669 g/mol. The molecule has 0 saturated carbocycles. The number of carbonyl (C=O) groups is 2. The second-order valence-electron chi connectivity index (χ2n) is 12.6. The maximum atomic E-state index is 14.9. The van der Waals surface area contributed by atoms with Gasteiger partial charge in [-0.25, -0.2) is 4.79 Å². The lowest BCUT2D eigenvalue weighted by atomic mass is 9.92. The third-order valence-electron chi connectivity index (χ3n) is 8.07. The van der Waals surface area contributed by atoms with E-state index < -0.39 is 30.1 Å². The molecule has 3 atom stereocenters. The van der Waals surface area contributed by atoms with E-state index >= 15 is 0 Å². The van der Waals surface area contributed by atoms with Crippen molar-refractivity contribution in [2.75, 3.05) is 26.3 Å². The number of nitrogens with one attached hydrogen (secondary N) is 4. The molecule has 1 aliphatic heterocycles. The lowest BCUT2D eigenvalue weighted by Gasteiger charge is -2.51. The third-order valence-corrected chi connectivity index (χ3v) is 8.07. The van der Waals surface area contributed by atoms with Crippen molar-refractivity contribution >= 4 is 30.4 Å². The number of ether oxygens (including phenoxy) is 3. The Balaban J connectivity index is 0.0000106. The molecule has 1 saturated heterocycles. The summed E-state index contributed by atoms with van der Waals surface area (Å²) in [5.41, 5.74) is 5.76. The van der Waals surface area contributed by atoms with Gasteiger partial charge in [0, 0.05) is 19.8 Å². The van der Waals surface area contributed by atoms with Crippen LogP contribution in [0.1, 0.15) is 104 Å². The zero-order valence-corrected chi connectivity index (χ0v) is 29.6. The fraction of sp³-hybridized carbons (Fsp3) is 0.735. The summed E-state index contributed by atoms with van der Waals surface area (Å²) in [5.74, 6) is -0.145. The number of rotatable bonds is 21. The molecule has 2 amide bonds. The summed E-state index contributed by atoms with van der Waals surface area (Å²) in [6.45, 7) is 12.8. The molecule has 2 rings (SSSR count). The normalized spacial score (nSPS) is 17.5. The lowest BCUT2D eigenvalue weighted by Crippen LogP contribution is -2.69. The van der Waals surface area contributed by atoms with Gasteiger partial charge in [0.05, 0.1) is 11.7 Å². The monoisotopic (exact) mass is 668 g/mol. The minimum atomic E-state index is -0.807. The van der Waals surface area contributed by atoms with E-state index in [0.29, 0.717) is 39.0 Å². The topological polar surface area (TPSA) is 151 Å². The van der Waals surface area contributed by atoms with Crippen molar-refractivity contribution in [2.45, 2.75) is 129 Å². The Morgan fingerprint density at radius 2 is 1.72 bits per heavy atom. The maximum absolute atomic E-state index is 14.9. The molecule has 0 spiro atoms. The summed E-state index contributed by atoms with van der Waals surface area (Å²) in [6, 6.07) is 8.23. The maximum Gasteiger partial charge on any atom is 0.408 e. The van der Waals surface area contributed by atoms with Crippen LogP contribution in [0.2, 0.25) is 0 Å². The fourth-order valence-corrected chi connectivity index (χ4v) is 5.67. The Bertz CT molecular complexity index is 986. The summed E-state index contributed by atoms with van der Waals surface area (Å²) in [5, 5.41) is 17.1. The molecular formula is C34H61ClN6O5. The van der Waals surface area contributed by atoms with E-state index in [1.807, 2.05) is 49.1 Å². The van der Waals surface area contributed by atoms with E-state index in [2.05, 4.69) is 36.7 Å². The first-order chi connectivity index (χ1) is 21.6. The quantitative estimate of drug-likeness (QED) is 0.0487. The Morgan fingerprint density at radius 1 is 1.07 bits per heavy atom. The fourth-order valence-electron chi connectivity index (χ4n) is 5.67. The van der Waals surface area contributed by atoms with Crippen molar-refractivity contribution in [3.63, 3.8) is 0 Å². The molecule has 1 aliphatic rings. The van der Waals surface area contributed by atoms with Crippen molar-refractivity contribution in [2.24, 2.45) is 11.7 Å². The number of nitrogens with zero attached hydrogens (tertiary/aromatic N) is 1. The van der Waals surface area contributed by atoms with Crippen LogP contribution in [0.5, 0.6) is 0 Å². The summed E-state index contributed by atoms with van der Waals surface area (Å²) in [6.07, 6.45) is 6.79. The van der Waals surface area contributed by atoms with Gasteiger partial charge < -0.3 is 35.5 Å². The molecule has 12 heteroatoms. The van der Waals surface area contributed by atoms with Gasteiger partial charge in [-0.2, -0.15) is 0 Å². The highest BCUT2D eigenvalue weighted by atomic mass is 35.5. The number of nitrogens with two attached hydrogens (primary N) is 1. The number of benzene rings is 1. The van der Waals surface area contributed by atoms with Crippen LogP contribution in [-0.2, 0) is 25.6 Å². The molecule has 264 valence electrons. The van der Waals surface area contributed by atoms with Crippen LogP contribution < -0.4 is 21.7 Å². The minimum absolute atomic E-state index is 0. The molecule has 1 heterocycles. The molecule has 1 aromatic rings. The number of carbonyl (C=O) groups excluding carboxylic acids is 2. The number of piperidine rings is 1. The van der Waals surface area contributed by atoms with Gasteiger partial charge in [-0.15, -0.1) is 12.4 Å². The van der Waals surface area contributed by atoms with Crippen molar-refractivity contribution in [3.05, 3.63) is 35.9 Å². The number of unbranched alkanes of at least 4 members (excludes halogenated alkanes) is 2. The van der Waals surface area contributed by atoms with Crippen LogP contribution in [0.4, 0.5) is 4.79 Å². The number of guanidine groups is 1. The first-order valence-corrected chi connectivity index (χ1v) is 17.0. The van der Waals surface area contributed by atoms with Gasteiger partial charge in [0.15, 0.2) is 12.2 Å². The molecule has 1 aromatic carbocycles. The largest absolute Gasteiger partial charge is 0.445 e. The zero-order chi connectivity index (χ0) is 33.1. The molecule has 11 nitrogen and oxygen atoms in total. The molecule has 1 unspecified atom stereocenters. The predicted molar refractivity (Wildman–Crippen MR) is 186 cm³/mol. The van der Waals surface area contributed by atoms with Crippen LogP contribution >= 0.6 is 12.4 Å². The lowest BCUT2D eigenvalue weighted by molar-refractivity contribution is -0.202. The highest BCUT2D eigenvalue weighted by molar-refractivity contribution is 5.86. The number of hydrogen-bond acceptors (Lipinski definition) is 7. The number of alkyl carbamates (subject to hydrolysis) is 1. The molecule has 0 aliphatic carbocycles. The van der Waals surface area contributed by atoms with Crippen molar-refractivity contribution in [3.8, 4) is 0 Å². The first-order valence-electron chi connectivity index (χ1n) is 17.0. The van der Waals surface area contributed by atoms with Crippen LogP contribution in [-0.4, -0.2) is 73.2 Å². The molecule has 0 aromatic heterocycles. The van der Waals surface area contributed by atoms with Gasteiger partial charge in [0.2, 0.25) is 5.91 Å². The summed E-state index contributed by atoms with van der Waals surface area (Å²) >= 11 is 0. The number of hydrogen-bond donors (Lipinski definition) is 5. The SMILES string of the molecule is CCCCOC(OCCCC)[C@H](CCCNC(=N)N)N(C(=O)[C@H](CC(C)C)NC(=O)OCc1ccccc1)C1(C)CCCCN1.Cl. The second kappa shape index (κ2) is 22.8. The van der Waals surface area contributed by atoms with Crippen LogP contribution in [0.25, 0.3) is 0 Å². The van der Waals surface area contributed by atoms with Crippen molar-refractivity contribution < 1.29 is 23.8 Å². The average Bonchev–Trinajstić information content (AvgIpc) is 3.01. The Morgan fingerprint density at radius 3 is 2.26 bits per heavy atom. The van der Waals surface area contributed by atoms with E-state index in [1.54, 1.807) is 0 Å². The van der Waals surface area contributed by atoms with Gasteiger partial charge >= 0.3 is 6.09 Å². The Hall–Kier alpha value is -2.60. The summed E-state index contributed by atoms with van der Waals surface area (Å²) in [7, 11) is 0. The van der Waals surface area contributed by atoms with Crippen molar-refractivity contribution in [1.82, 2.24) is 20.9 Å². The van der Waals surface area contributed by atoms with E-state index in [4.69, 9.17) is 25.4 Å². The highest BCUT2D eigenvalue weighted by Gasteiger charge is 2.46. The Labute approximate surface area is 283 Å². The number of amides is 2. The molecule has 0 bridgehead atoms. The standard InChI is InChI=1S/C34H60N6O5.ClH/c1-6-8-22-43-31(44-23-9-7-2)29(18-15-20-37-32(35)36)40(34(5)19-13-14-21-38-34)30(41)28(24-26(3)4)39-33(42)45-25-27-16-11-10-12-17-27;/h10-12,16-17,26,28-29,31,38H,6-9,13-15,18-25H2,1-5H3,(H,39,42)(H4,35,36,37);1H/t28-,29-,34?;/m0./s1. The third kappa shape index (κ3) is 14.9. The molecular weight excluding hydrogens is 608 g/mol. The van der Waals surface area contributed by atoms with Gasteiger partial charge in [0.1, 0.15) is 12.6 Å². The molecule has 46 heavy (non-hydrogen) atoms. The second-order valence-corrected chi connectivity index (χ2v) is 12.6. The van der Waals surface area contributed by atoms with E-state index in [1.165, 1.54) is 0 Å². The summed E-state index contributed by atoms with van der Waals surface area (Å²) < 4.78 is 18.4. The number of halogens is 1. The highest BCUT2D eigenvalue weighted by Crippen LogP contribution is 2.31. The van der Waals surface area contributed by atoms with Gasteiger partial charge in [-0.05, 0) is 76.3 Å². The van der Waals surface area contributed by atoms with Crippen LogP contribution in [0.3, 0.4) is 0 Å². The smallest absolute Gasteiger partial charge is 0.408 e. The van der Waals surface area contributed by atoms with E-state index in [9.17, 15) is 9.59 Å². The van der Waals surface area contributed by atoms with Crippen LogP contribution in [0, 0.1) is 11.3 Å². The van der Waals surface area contributed by atoms with Gasteiger partial charge in [-0.3, -0.25) is 15.5 Å². The first kappa shape index (κ1) is 41.4. The summed E-state index contributed by atoms with van der Waals surface area (Å²) in [4.78, 5) is 29.9. The van der Waals surface area contributed by atoms with E-state index in [-0.39, 0.29) is 36.8 Å². The molecule has 0 radical (unpaired) electrons. The zero-order valence-electron chi connectivity index (χ0n) is 28.8. The van der Waals surface area contributed by atoms with Gasteiger partial charge in [0.25, 0.3) is 0 Å². The minimum Gasteiger partial charge on any atom is -0.445 e. The van der Waals surface area contributed by atoms with E-state index in [0.717, 1.165) is 57.1 Å². The molecule has 1 fully saturated rings. The van der Waals surface area contributed by atoms with Crippen LogP contribution in [0.15, 0.2) is 30.3 Å². The predicted octanol–water partition coefficient (Wildman–Crippen LogP) is 5.66. The Kier molecular flexibility index (Phi) is 20.6. The molecule has 6 N–H and O–H groups in total.